The third-order valence-corrected chi connectivity index (χ3v) is 7.11. The van der Waals surface area contributed by atoms with Gasteiger partial charge in [-0.05, 0) is 84.6 Å². The van der Waals surface area contributed by atoms with Crippen molar-refractivity contribution in [3.63, 3.8) is 0 Å². The minimum absolute atomic E-state index is 0.00208. The third kappa shape index (κ3) is 4.31. The van der Waals surface area contributed by atoms with E-state index in [0.717, 1.165) is 18.6 Å². The van der Waals surface area contributed by atoms with Crippen molar-refractivity contribution < 1.29 is 4.74 Å². The van der Waals surface area contributed by atoms with E-state index >= 15 is 0 Å². The first kappa shape index (κ1) is 21.7. The van der Waals surface area contributed by atoms with E-state index < -0.39 is 0 Å². The lowest BCUT2D eigenvalue weighted by molar-refractivity contribution is 0.414. The van der Waals surface area contributed by atoms with Crippen LogP contribution in [-0.2, 0) is 0 Å². The largest absolute Gasteiger partial charge is 0.497 e. The molecule has 2 atom stereocenters. The van der Waals surface area contributed by atoms with Gasteiger partial charge in [-0.2, -0.15) is 0 Å². The van der Waals surface area contributed by atoms with Crippen molar-refractivity contribution in [2.75, 3.05) is 12.4 Å². The highest BCUT2D eigenvalue weighted by Gasteiger charge is 2.52. The smallest absolute Gasteiger partial charge is 0.119 e. The van der Waals surface area contributed by atoms with Crippen LogP contribution in [0.5, 0.6) is 5.75 Å². The lowest BCUT2D eigenvalue weighted by Crippen LogP contribution is -2.40. The van der Waals surface area contributed by atoms with Gasteiger partial charge in [-0.3, -0.25) is 0 Å². The summed E-state index contributed by atoms with van der Waals surface area (Å²) in [6.45, 7) is 4.58. The Balaban J connectivity index is 1.89. The molecule has 1 N–H and O–H groups in total. The van der Waals surface area contributed by atoms with E-state index in [4.69, 9.17) is 4.74 Å². The molecule has 31 heavy (non-hydrogen) atoms. The summed E-state index contributed by atoms with van der Waals surface area (Å²) in [5, 5.41) is 4.06. The normalized spacial score (nSPS) is 23.2. The van der Waals surface area contributed by atoms with E-state index in [0.29, 0.717) is 5.92 Å². The Hall–Kier alpha value is -2.48. The van der Waals surface area contributed by atoms with E-state index in [2.05, 4.69) is 79.8 Å². The lowest BCUT2D eigenvalue weighted by atomic mass is 9.80. The summed E-state index contributed by atoms with van der Waals surface area (Å²) in [6.07, 6.45) is 12.2. The number of nitrogens with one attached hydrogen (secondary N) is 1. The van der Waals surface area contributed by atoms with Crippen LogP contribution in [-0.4, -0.2) is 12.6 Å². The first-order valence-electron chi connectivity index (χ1n) is 12.1. The number of methoxy groups -OCH3 is 1. The Bertz CT molecular complexity index is 942. The van der Waals surface area contributed by atoms with Gasteiger partial charge in [-0.25, -0.2) is 0 Å². The van der Waals surface area contributed by atoms with Crippen LogP contribution in [0.1, 0.15) is 70.8 Å². The fourth-order valence-corrected chi connectivity index (χ4v) is 5.77. The maximum absolute atomic E-state index is 5.63. The molecule has 2 aliphatic carbocycles. The van der Waals surface area contributed by atoms with Crippen molar-refractivity contribution in [3.8, 4) is 5.75 Å². The molecule has 1 fully saturated rings. The van der Waals surface area contributed by atoms with Gasteiger partial charge in [0.15, 0.2) is 0 Å². The van der Waals surface area contributed by atoms with E-state index in [9.17, 15) is 0 Å². The highest BCUT2D eigenvalue weighted by atomic mass is 16.5. The monoisotopic (exact) mass is 415 g/mol. The van der Waals surface area contributed by atoms with Crippen LogP contribution in [0.4, 0.5) is 5.69 Å². The number of hydrogen-bond acceptors (Lipinski definition) is 2. The zero-order chi connectivity index (χ0) is 21.7. The molecule has 0 bridgehead atoms. The van der Waals surface area contributed by atoms with Crippen molar-refractivity contribution in [3.05, 3.63) is 77.4 Å². The van der Waals surface area contributed by atoms with Crippen molar-refractivity contribution in [1.82, 2.24) is 0 Å². The fourth-order valence-electron chi connectivity index (χ4n) is 5.77. The Labute approximate surface area is 188 Å². The molecule has 2 nitrogen and oxygen atoms in total. The summed E-state index contributed by atoms with van der Waals surface area (Å²) >= 11 is 0. The van der Waals surface area contributed by atoms with Crippen LogP contribution in [0.2, 0.25) is 0 Å². The molecule has 2 aromatic carbocycles. The summed E-state index contributed by atoms with van der Waals surface area (Å²) < 4.78 is 5.63. The third-order valence-electron chi connectivity index (χ3n) is 7.11. The van der Waals surface area contributed by atoms with Crippen LogP contribution < -0.4 is 10.1 Å². The molecule has 1 saturated carbocycles. The van der Waals surface area contributed by atoms with Crippen molar-refractivity contribution >= 4 is 11.3 Å². The number of allylic oxidation sites excluding steroid dienone is 3. The van der Waals surface area contributed by atoms with E-state index in [1.54, 1.807) is 18.3 Å². The van der Waals surface area contributed by atoms with Gasteiger partial charge in [-0.15, -0.1) is 0 Å². The van der Waals surface area contributed by atoms with Crippen LogP contribution in [0, 0.1) is 5.92 Å². The summed E-state index contributed by atoms with van der Waals surface area (Å²) in [6, 6.07) is 19.5. The van der Waals surface area contributed by atoms with Crippen molar-refractivity contribution in [1.29, 1.82) is 0 Å². The summed E-state index contributed by atoms with van der Waals surface area (Å²) in [7, 11) is 1.77. The molecular formula is C29H37NO. The molecule has 0 radical (unpaired) electrons. The van der Waals surface area contributed by atoms with Gasteiger partial charge < -0.3 is 10.1 Å². The Morgan fingerprint density at radius 1 is 1.10 bits per heavy atom. The highest BCUT2D eigenvalue weighted by Crippen LogP contribution is 2.57. The number of fused-ring (bicyclic) bond motifs is 1. The van der Waals surface area contributed by atoms with Gasteiger partial charge >= 0.3 is 0 Å². The SMILES string of the molecule is CCC/C=C(\CCC)C1=C(c2cccc(OC)c2)[C@]2(Nc3ccccc3)CCC[C@@H]2C1. The Kier molecular flexibility index (Phi) is 6.85. The van der Waals surface area contributed by atoms with E-state index in [1.807, 2.05) is 0 Å². The average Bonchev–Trinajstić information content (AvgIpc) is 3.32. The molecule has 0 aliphatic heterocycles. The standard InChI is InChI=1S/C29H37NO/c1-4-6-13-22(12-5-2)27-21-24-15-11-19-29(24,30-25-16-8-7-9-17-25)28(27)23-14-10-18-26(20-23)31-3/h7-10,13-14,16-18,20,24,30H,4-6,11-12,15,19,21H2,1-3H3/b22-13+/t24-,29+/m1/s1. The minimum atomic E-state index is 0.00208. The zero-order valence-corrected chi connectivity index (χ0v) is 19.4. The number of hydrogen-bond donors (Lipinski definition) is 1. The second kappa shape index (κ2) is 9.77. The van der Waals surface area contributed by atoms with Gasteiger partial charge in [-0.1, -0.05) is 69.5 Å². The predicted octanol–water partition coefficient (Wildman–Crippen LogP) is 8.03. The topological polar surface area (TPSA) is 21.3 Å². The lowest BCUT2D eigenvalue weighted by Gasteiger charge is -2.36. The molecule has 0 spiro atoms. The minimum Gasteiger partial charge on any atom is -0.497 e. The summed E-state index contributed by atoms with van der Waals surface area (Å²) in [5.74, 6) is 1.58. The van der Waals surface area contributed by atoms with Crippen LogP contribution in [0.15, 0.2) is 71.8 Å². The molecule has 4 rings (SSSR count). The maximum Gasteiger partial charge on any atom is 0.119 e. The summed E-state index contributed by atoms with van der Waals surface area (Å²) in [4.78, 5) is 0. The van der Waals surface area contributed by atoms with Crippen molar-refractivity contribution in [2.45, 2.75) is 70.8 Å². The molecule has 0 unspecified atom stereocenters. The van der Waals surface area contributed by atoms with Gasteiger partial charge in [0.05, 0.1) is 12.6 Å². The second-order valence-electron chi connectivity index (χ2n) is 9.11. The van der Waals surface area contributed by atoms with Crippen LogP contribution in [0.25, 0.3) is 5.57 Å². The molecule has 0 saturated heterocycles. The Morgan fingerprint density at radius 3 is 2.68 bits per heavy atom. The highest BCUT2D eigenvalue weighted by molar-refractivity contribution is 5.85. The second-order valence-corrected chi connectivity index (χ2v) is 9.11. The number of para-hydroxylation sites is 1. The maximum atomic E-state index is 5.63. The molecule has 2 aliphatic rings. The number of ether oxygens (including phenoxy) is 1. The van der Waals surface area contributed by atoms with Crippen LogP contribution >= 0.6 is 0 Å². The van der Waals surface area contributed by atoms with Gasteiger partial charge in [0.1, 0.15) is 5.75 Å². The van der Waals surface area contributed by atoms with Crippen molar-refractivity contribution in [2.24, 2.45) is 5.92 Å². The predicted molar refractivity (Wildman–Crippen MR) is 133 cm³/mol. The van der Waals surface area contributed by atoms with Gasteiger partial charge in [0, 0.05) is 5.69 Å². The number of anilines is 1. The first-order chi connectivity index (χ1) is 15.2. The molecule has 2 aromatic rings. The summed E-state index contributed by atoms with van der Waals surface area (Å²) in [5.41, 5.74) is 7.24. The quantitative estimate of drug-likeness (QED) is 0.447. The molecular weight excluding hydrogens is 378 g/mol. The molecule has 0 amide bonds. The van der Waals surface area contributed by atoms with E-state index in [-0.39, 0.29) is 5.54 Å². The molecule has 164 valence electrons. The Morgan fingerprint density at radius 2 is 1.94 bits per heavy atom. The van der Waals surface area contributed by atoms with Gasteiger partial charge in [0.25, 0.3) is 0 Å². The van der Waals surface area contributed by atoms with Crippen LogP contribution in [0.3, 0.4) is 0 Å². The average molecular weight is 416 g/mol. The van der Waals surface area contributed by atoms with E-state index in [1.165, 1.54) is 55.3 Å². The first-order valence-corrected chi connectivity index (χ1v) is 12.1. The molecule has 0 aromatic heterocycles. The zero-order valence-electron chi connectivity index (χ0n) is 19.4. The number of rotatable bonds is 9. The fraction of sp³-hybridized carbons (Fsp3) is 0.448. The number of unbranched alkanes of at least 4 members (excludes halogenated alkanes) is 1. The van der Waals surface area contributed by atoms with Gasteiger partial charge in [0.2, 0.25) is 0 Å². The molecule has 0 heterocycles. The molecule has 2 heteroatoms. The number of benzene rings is 2.